The predicted octanol–water partition coefficient (Wildman–Crippen LogP) is 2.66. The Morgan fingerprint density at radius 2 is 1.89 bits per heavy atom. The summed E-state index contributed by atoms with van der Waals surface area (Å²) in [5.41, 5.74) is 0. The first-order valence-corrected chi connectivity index (χ1v) is 3.57. The third-order valence-electron chi connectivity index (χ3n) is 1.44. The maximum Gasteiger partial charge on any atom is 0.281 e. The van der Waals surface area contributed by atoms with E-state index in [0.717, 1.165) is 6.08 Å². The van der Waals surface area contributed by atoms with Crippen LogP contribution in [0.15, 0.2) is 11.5 Å². The molecule has 1 rings (SSSR count). The van der Waals surface area contributed by atoms with E-state index in [0.29, 0.717) is 0 Å². The lowest BCUT2D eigenvalue weighted by atomic mass is 10.1. The molecular weight excluding hydrogens is 142 g/mol. The monoisotopic (exact) mass is 150 g/mol. The first kappa shape index (κ1) is 7.06. The smallest absolute Gasteiger partial charge is 0.200 e. The van der Waals surface area contributed by atoms with E-state index in [9.17, 15) is 8.78 Å². The minimum absolute atomic E-state index is 0.938. The molecule has 0 N–H and O–H groups in total. The molecule has 0 aliphatic carbocycles. The van der Waals surface area contributed by atoms with Crippen LogP contribution in [0.2, 0.25) is 0 Å². The Kier molecular flexibility index (Phi) is 1.35. The van der Waals surface area contributed by atoms with Gasteiger partial charge in [-0.3, -0.25) is 0 Å². The second-order valence-corrected chi connectivity index (χ2v) is 4.08. The van der Waals surface area contributed by atoms with Crippen molar-refractivity contribution in [2.75, 3.05) is 0 Å². The molecule has 0 atom stereocenters. The van der Waals surface area contributed by atoms with Crippen LogP contribution < -0.4 is 0 Å². The first-order chi connectivity index (χ1) is 3.96. The van der Waals surface area contributed by atoms with Gasteiger partial charge in [0.05, 0.1) is 4.75 Å². The van der Waals surface area contributed by atoms with Gasteiger partial charge in [0.1, 0.15) is 0 Å². The molecule has 0 aromatic rings. The van der Waals surface area contributed by atoms with Crippen molar-refractivity contribution in [3.8, 4) is 0 Å². The summed E-state index contributed by atoms with van der Waals surface area (Å²) in [4.78, 5) is 0. The number of rotatable bonds is 0. The minimum atomic E-state index is -2.63. The Labute approximate surface area is 57.3 Å². The van der Waals surface area contributed by atoms with Gasteiger partial charge in [-0.1, -0.05) is 0 Å². The summed E-state index contributed by atoms with van der Waals surface area (Å²) < 4.78 is 24.3. The highest BCUT2D eigenvalue weighted by atomic mass is 32.2. The van der Waals surface area contributed by atoms with Crippen molar-refractivity contribution in [3.05, 3.63) is 11.5 Å². The van der Waals surface area contributed by atoms with E-state index in [4.69, 9.17) is 0 Å². The fourth-order valence-electron chi connectivity index (χ4n) is 0.569. The summed E-state index contributed by atoms with van der Waals surface area (Å²) in [6, 6.07) is 0. The third-order valence-corrected chi connectivity index (χ3v) is 2.58. The Hall–Kier alpha value is -0.0500. The van der Waals surface area contributed by atoms with Crippen LogP contribution in [0.1, 0.15) is 13.8 Å². The van der Waals surface area contributed by atoms with Gasteiger partial charge in [0.15, 0.2) is 0 Å². The molecule has 0 bridgehead atoms. The fourth-order valence-corrected chi connectivity index (χ4v) is 1.37. The quantitative estimate of drug-likeness (QED) is 0.511. The van der Waals surface area contributed by atoms with Crippen molar-refractivity contribution >= 4 is 11.8 Å². The Morgan fingerprint density at radius 3 is 2.00 bits per heavy atom. The lowest BCUT2D eigenvalue weighted by Gasteiger charge is -2.24. The molecule has 0 saturated heterocycles. The third kappa shape index (κ3) is 0.980. The molecule has 0 amide bonds. The van der Waals surface area contributed by atoms with Crippen LogP contribution in [-0.4, -0.2) is 10.7 Å². The molecular formula is C6H8F2S. The number of allylic oxidation sites excluding steroid dienone is 1. The molecule has 1 heterocycles. The SMILES string of the molecule is CC1(C)SC=CC1(F)F. The standard InChI is InChI=1S/C6H8F2S/c1-5(2)6(7,8)3-4-9-5/h3-4H,1-2H3. The molecule has 1 aliphatic rings. The average Bonchev–Trinajstić information content (AvgIpc) is 1.81. The highest BCUT2D eigenvalue weighted by molar-refractivity contribution is 8.03. The van der Waals surface area contributed by atoms with Crippen LogP contribution in [0.3, 0.4) is 0 Å². The van der Waals surface area contributed by atoms with Gasteiger partial charge < -0.3 is 0 Å². The Balaban J connectivity index is 2.84. The van der Waals surface area contributed by atoms with Crippen LogP contribution in [0.4, 0.5) is 8.78 Å². The zero-order valence-electron chi connectivity index (χ0n) is 5.32. The summed E-state index contributed by atoms with van der Waals surface area (Å²) in [5.74, 6) is -2.63. The molecule has 0 nitrogen and oxygen atoms in total. The number of alkyl halides is 2. The van der Waals surface area contributed by atoms with Gasteiger partial charge in [0.2, 0.25) is 0 Å². The summed E-state index contributed by atoms with van der Waals surface area (Å²) >= 11 is 1.18. The van der Waals surface area contributed by atoms with Gasteiger partial charge >= 0.3 is 0 Å². The summed E-state index contributed by atoms with van der Waals surface area (Å²) in [6.45, 7) is 3.08. The van der Waals surface area contributed by atoms with Gasteiger partial charge in [0.25, 0.3) is 5.92 Å². The van der Waals surface area contributed by atoms with Crippen molar-refractivity contribution in [1.29, 1.82) is 0 Å². The maximum atomic E-state index is 12.6. The molecule has 1 aliphatic heterocycles. The van der Waals surface area contributed by atoms with E-state index in [1.807, 2.05) is 0 Å². The molecule has 52 valence electrons. The summed E-state index contributed by atoms with van der Waals surface area (Å²) in [6.07, 6.45) is 0.956. The van der Waals surface area contributed by atoms with Gasteiger partial charge in [-0.2, -0.15) is 0 Å². The van der Waals surface area contributed by atoms with Gasteiger partial charge in [-0.05, 0) is 25.3 Å². The van der Waals surface area contributed by atoms with Crippen LogP contribution in [0.5, 0.6) is 0 Å². The van der Waals surface area contributed by atoms with Crippen molar-refractivity contribution < 1.29 is 8.78 Å². The van der Waals surface area contributed by atoms with E-state index in [1.54, 1.807) is 0 Å². The van der Waals surface area contributed by atoms with E-state index < -0.39 is 10.7 Å². The zero-order valence-corrected chi connectivity index (χ0v) is 6.14. The maximum absolute atomic E-state index is 12.6. The lowest BCUT2D eigenvalue weighted by Crippen LogP contribution is -2.34. The number of halogens is 2. The summed E-state index contributed by atoms with van der Waals surface area (Å²) in [5, 5.41) is 1.46. The Bertz CT molecular complexity index is 149. The van der Waals surface area contributed by atoms with Gasteiger partial charge in [-0.25, -0.2) is 8.78 Å². The van der Waals surface area contributed by atoms with Crippen molar-refractivity contribution in [1.82, 2.24) is 0 Å². The van der Waals surface area contributed by atoms with Gasteiger partial charge in [-0.15, -0.1) is 11.8 Å². The summed E-state index contributed by atoms with van der Waals surface area (Å²) in [7, 11) is 0. The molecule has 0 aromatic heterocycles. The topological polar surface area (TPSA) is 0 Å². The van der Waals surface area contributed by atoms with Crippen LogP contribution in [-0.2, 0) is 0 Å². The van der Waals surface area contributed by atoms with Crippen LogP contribution >= 0.6 is 11.8 Å². The lowest BCUT2D eigenvalue weighted by molar-refractivity contribution is 0.0267. The van der Waals surface area contributed by atoms with E-state index in [2.05, 4.69) is 0 Å². The van der Waals surface area contributed by atoms with E-state index in [-0.39, 0.29) is 0 Å². The molecule has 0 fully saturated rings. The molecule has 0 aromatic carbocycles. The molecule has 3 heteroatoms. The van der Waals surface area contributed by atoms with Crippen LogP contribution in [0, 0.1) is 0 Å². The van der Waals surface area contributed by atoms with Gasteiger partial charge in [0, 0.05) is 0 Å². The number of hydrogen-bond donors (Lipinski definition) is 0. The molecule has 0 spiro atoms. The Morgan fingerprint density at radius 1 is 1.33 bits per heavy atom. The van der Waals surface area contributed by atoms with Crippen LogP contribution in [0.25, 0.3) is 0 Å². The average molecular weight is 150 g/mol. The molecule has 0 saturated carbocycles. The first-order valence-electron chi connectivity index (χ1n) is 2.69. The van der Waals surface area contributed by atoms with E-state index >= 15 is 0 Å². The largest absolute Gasteiger partial charge is 0.281 e. The molecule has 0 radical (unpaired) electrons. The second-order valence-electron chi connectivity index (χ2n) is 2.55. The molecule has 0 unspecified atom stereocenters. The number of hydrogen-bond acceptors (Lipinski definition) is 1. The highest BCUT2D eigenvalue weighted by Crippen LogP contribution is 2.46. The minimum Gasteiger partial charge on any atom is -0.200 e. The highest BCUT2D eigenvalue weighted by Gasteiger charge is 2.47. The number of thioether (sulfide) groups is 1. The van der Waals surface area contributed by atoms with Crippen molar-refractivity contribution in [3.63, 3.8) is 0 Å². The fraction of sp³-hybridized carbons (Fsp3) is 0.667. The molecule has 9 heavy (non-hydrogen) atoms. The zero-order chi connectivity index (χ0) is 7.12. The normalized spacial score (nSPS) is 28.9. The predicted molar refractivity (Wildman–Crippen MR) is 35.8 cm³/mol. The van der Waals surface area contributed by atoms with E-state index in [1.165, 1.54) is 31.0 Å². The van der Waals surface area contributed by atoms with Crippen molar-refractivity contribution in [2.45, 2.75) is 24.5 Å². The van der Waals surface area contributed by atoms with Crippen molar-refractivity contribution in [2.24, 2.45) is 0 Å². The second kappa shape index (κ2) is 1.72.